The van der Waals surface area contributed by atoms with Gasteiger partial charge in [0, 0.05) is 0 Å². The lowest BCUT2D eigenvalue weighted by atomic mass is 10.3. The largest absolute Gasteiger partial charge is 0.506 e. The normalized spacial score (nSPS) is 9.67. The van der Waals surface area contributed by atoms with E-state index in [0.29, 0.717) is 5.69 Å². The van der Waals surface area contributed by atoms with E-state index in [0.717, 1.165) is 0 Å². The molecule has 6 nitrogen and oxygen atoms in total. The molecule has 0 saturated carbocycles. The Morgan fingerprint density at radius 3 is 2.67 bits per heavy atom. The Balaban J connectivity index is 0.00000112. The maximum absolute atomic E-state index is 8.99. The van der Waals surface area contributed by atoms with Crippen LogP contribution in [-0.4, -0.2) is 25.3 Å². The molecule has 0 aliphatic heterocycles. The van der Waals surface area contributed by atoms with Crippen molar-refractivity contribution >= 4 is 12.4 Å². The lowest BCUT2D eigenvalue weighted by Crippen LogP contribution is -1.86. The Bertz CT molecular complexity index is 429. The van der Waals surface area contributed by atoms with Crippen LogP contribution in [0.15, 0.2) is 22.9 Å². The van der Waals surface area contributed by atoms with Crippen LogP contribution in [0.1, 0.15) is 5.89 Å². The Kier molecular flexibility index (Phi) is 3.59. The zero-order chi connectivity index (χ0) is 9.97. The molecule has 0 atom stereocenters. The fourth-order valence-corrected chi connectivity index (χ4v) is 0.941. The molecule has 0 fully saturated rings. The van der Waals surface area contributed by atoms with E-state index >= 15 is 0 Å². The first-order valence-corrected chi connectivity index (χ1v) is 3.88. The second-order valence-corrected chi connectivity index (χ2v) is 2.57. The van der Waals surface area contributed by atoms with Gasteiger partial charge in [0.1, 0.15) is 18.1 Å². The summed E-state index contributed by atoms with van der Waals surface area (Å²) >= 11 is 0. The number of hydrogen-bond donors (Lipinski definition) is 2. The fraction of sp³-hybridized carbons (Fsp3) is 0.125. The number of halogens is 1. The van der Waals surface area contributed by atoms with Crippen molar-refractivity contribution in [3.05, 3.63) is 24.2 Å². The lowest BCUT2D eigenvalue weighted by molar-refractivity contribution is 0.222. The third kappa shape index (κ3) is 2.42. The summed E-state index contributed by atoms with van der Waals surface area (Å²) in [5, 5.41) is 21.3. The van der Waals surface area contributed by atoms with Gasteiger partial charge in [-0.3, -0.25) is 0 Å². The van der Waals surface area contributed by atoms with Crippen molar-refractivity contribution in [3.63, 3.8) is 0 Å². The fourth-order valence-electron chi connectivity index (χ4n) is 0.941. The summed E-state index contributed by atoms with van der Waals surface area (Å²) in [6.07, 6.45) is 1.28. The van der Waals surface area contributed by atoms with Crippen molar-refractivity contribution in [1.82, 2.24) is 15.1 Å². The summed E-state index contributed by atoms with van der Waals surface area (Å²) in [4.78, 5) is 7.74. The molecule has 0 aliphatic carbocycles. The van der Waals surface area contributed by atoms with Crippen molar-refractivity contribution in [3.8, 4) is 17.3 Å². The molecule has 7 heteroatoms. The van der Waals surface area contributed by atoms with Crippen LogP contribution in [0.5, 0.6) is 5.75 Å². The Morgan fingerprint density at radius 2 is 2.13 bits per heavy atom. The maximum atomic E-state index is 8.99. The molecule has 15 heavy (non-hydrogen) atoms. The topological polar surface area (TPSA) is 92.3 Å². The Morgan fingerprint density at radius 1 is 1.33 bits per heavy atom. The average molecular weight is 230 g/mol. The molecule has 0 radical (unpaired) electrons. The van der Waals surface area contributed by atoms with Gasteiger partial charge in [0.25, 0.3) is 5.89 Å². The number of aromatic nitrogens is 3. The maximum Gasteiger partial charge on any atom is 0.252 e. The number of aliphatic hydroxyl groups excluding tert-OH is 1. The third-order valence-corrected chi connectivity index (χ3v) is 1.58. The van der Waals surface area contributed by atoms with Gasteiger partial charge in [0.05, 0.1) is 6.20 Å². The van der Waals surface area contributed by atoms with Crippen molar-refractivity contribution in [2.75, 3.05) is 0 Å². The number of rotatable bonds is 2. The van der Waals surface area contributed by atoms with Gasteiger partial charge in [-0.25, -0.2) is 4.98 Å². The van der Waals surface area contributed by atoms with Gasteiger partial charge in [-0.05, 0) is 12.1 Å². The zero-order valence-corrected chi connectivity index (χ0v) is 8.31. The average Bonchev–Trinajstić information content (AvgIpc) is 2.67. The molecule has 0 aromatic carbocycles. The molecule has 0 bridgehead atoms. The molecule has 0 aliphatic rings. The first kappa shape index (κ1) is 11.4. The molecule has 0 saturated heterocycles. The van der Waals surface area contributed by atoms with Gasteiger partial charge in [0.2, 0.25) is 5.82 Å². The van der Waals surface area contributed by atoms with E-state index in [4.69, 9.17) is 10.2 Å². The van der Waals surface area contributed by atoms with Gasteiger partial charge in [-0.1, -0.05) is 5.16 Å². The van der Waals surface area contributed by atoms with Gasteiger partial charge in [-0.15, -0.1) is 12.4 Å². The van der Waals surface area contributed by atoms with Crippen LogP contribution in [0.2, 0.25) is 0 Å². The molecule has 80 valence electrons. The van der Waals surface area contributed by atoms with Gasteiger partial charge < -0.3 is 14.7 Å². The van der Waals surface area contributed by atoms with Crippen LogP contribution in [0.25, 0.3) is 11.5 Å². The molecule has 2 aromatic rings. The lowest BCUT2D eigenvalue weighted by Gasteiger charge is -1.92. The highest BCUT2D eigenvalue weighted by atomic mass is 35.5. The van der Waals surface area contributed by atoms with Gasteiger partial charge >= 0.3 is 0 Å². The minimum absolute atomic E-state index is 0. The molecule has 2 rings (SSSR count). The number of hydrogen-bond acceptors (Lipinski definition) is 6. The molecule has 2 aromatic heterocycles. The summed E-state index contributed by atoms with van der Waals surface area (Å²) in [5.41, 5.74) is 0.478. The monoisotopic (exact) mass is 229 g/mol. The highest BCUT2D eigenvalue weighted by molar-refractivity contribution is 5.85. The van der Waals surface area contributed by atoms with Crippen LogP contribution in [0, 0.1) is 0 Å². The molecular formula is C8H8ClN3O3. The molecule has 0 unspecified atom stereocenters. The van der Waals surface area contributed by atoms with Crippen molar-refractivity contribution in [2.24, 2.45) is 0 Å². The van der Waals surface area contributed by atoms with E-state index in [1.807, 2.05) is 0 Å². The van der Waals surface area contributed by atoms with E-state index in [1.165, 1.54) is 12.3 Å². The van der Waals surface area contributed by atoms with E-state index in [1.54, 1.807) is 6.07 Å². The summed E-state index contributed by atoms with van der Waals surface area (Å²) in [5.74, 6) is 0.489. The number of nitrogens with zero attached hydrogens (tertiary/aromatic N) is 3. The van der Waals surface area contributed by atoms with Crippen LogP contribution in [-0.2, 0) is 6.61 Å². The first-order chi connectivity index (χ1) is 6.79. The number of aromatic hydroxyl groups is 1. The molecule has 0 spiro atoms. The van der Waals surface area contributed by atoms with Crippen molar-refractivity contribution in [2.45, 2.75) is 6.61 Å². The van der Waals surface area contributed by atoms with Crippen LogP contribution in [0.3, 0.4) is 0 Å². The predicted molar refractivity (Wildman–Crippen MR) is 52.4 cm³/mol. The summed E-state index contributed by atoms with van der Waals surface area (Å²) in [6.45, 7) is -0.301. The number of aliphatic hydroxyl groups is 1. The minimum atomic E-state index is -0.301. The van der Waals surface area contributed by atoms with E-state index in [9.17, 15) is 0 Å². The molecular weight excluding hydrogens is 222 g/mol. The predicted octanol–water partition coefficient (Wildman–Crippen LogP) is 0.751. The minimum Gasteiger partial charge on any atom is -0.506 e. The van der Waals surface area contributed by atoms with Gasteiger partial charge in [0.15, 0.2) is 0 Å². The first-order valence-electron chi connectivity index (χ1n) is 3.88. The molecule has 0 amide bonds. The summed E-state index contributed by atoms with van der Waals surface area (Å²) in [7, 11) is 0. The van der Waals surface area contributed by atoms with Crippen LogP contribution in [0.4, 0.5) is 0 Å². The van der Waals surface area contributed by atoms with Crippen LogP contribution < -0.4 is 0 Å². The van der Waals surface area contributed by atoms with E-state index < -0.39 is 0 Å². The van der Waals surface area contributed by atoms with Crippen molar-refractivity contribution in [1.29, 1.82) is 0 Å². The second kappa shape index (κ2) is 4.72. The quantitative estimate of drug-likeness (QED) is 0.790. The van der Waals surface area contributed by atoms with Crippen LogP contribution >= 0.6 is 12.4 Å². The molecule has 2 heterocycles. The highest BCUT2D eigenvalue weighted by Crippen LogP contribution is 2.15. The Hall–Kier alpha value is -1.66. The van der Waals surface area contributed by atoms with E-state index in [-0.39, 0.29) is 36.5 Å². The van der Waals surface area contributed by atoms with Gasteiger partial charge in [-0.2, -0.15) is 4.98 Å². The standard InChI is InChI=1S/C8H7N3O3.ClH/c12-4-7-10-8(11-14-7)6-2-1-5(13)3-9-6;/h1-3,12-13H,4H2;1H. The molecule has 2 N–H and O–H groups in total. The van der Waals surface area contributed by atoms with E-state index in [2.05, 4.69) is 19.6 Å². The smallest absolute Gasteiger partial charge is 0.252 e. The third-order valence-electron chi connectivity index (χ3n) is 1.58. The summed E-state index contributed by atoms with van der Waals surface area (Å²) < 4.78 is 4.68. The van der Waals surface area contributed by atoms with Crippen molar-refractivity contribution < 1.29 is 14.7 Å². The second-order valence-electron chi connectivity index (χ2n) is 2.57. The SMILES string of the molecule is Cl.OCc1nc(-c2ccc(O)cn2)no1. The highest BCUT2D eigenvalue weighted by Gasteiger charge is 2.08. The Labute approximate surface area is 91.0 Å². The number of pyridine rings is 1. The summed E-state index contributed by atoms with van der Waals surface area (Å²) in [6, 6.07) is 3.03. The zero-order valence-electron chi connectivity index (χ0n) is 7.49.